The number of ketones is 1. The Morgan fingerprint density at radius 1 is 1.14 bits per heavy atom. The van der Waals surface area contributed by atoms with Crippen LogP contribution in [0.4, 0.5) is 5.69 Å². The number of carboxylic acids is 1. The van der Waals surface area contributed by atoms with Crippen molar-refractivity contribution in [2.75, 3.05) is 19.0 Å². The van der Waals surface area contributed by atoms with Gasteiger partial charge in [0.1, 0.15) is 5.75 Å². The van der Waals surface area contributed by atoms with Crippen molar-refractivity contribution in [2.24, 2.45) is 0 Å². The summed E-state index contributed by atoms with van der Waals surface area (Å²) in [5.41, 5.74) is 1.02. The third kappa shape index (κ3) is 3.60. The first-order valence-electron chi connectivity index (χ1n) is 6.35. The Hall–Kier alpha value is -2.82. The first-order valence-corrected chi connectivity index (χ1v) is 6.35. The van der Waals surface area contributed by atoms with Crippen molar-refractivity contribution in [3.8, 4) is 5.75 Å². The van der Waals surface area contributed by atoms with Crippen LogP contribution in [0.2, 0.25) is 0 Å². The number of rotatable bonds is 6. The Morgan fingerprint density at radius 3 is 2.48 bits per heavy atom. The van der Waals surface area contributed by atoms with E-state index in [-0.39, 0.29) is 17.9 Å². The maximum absolute atomic E-state index is 12.0. The van der Waals surface area contributed by atoms with E-state index in [0.29, 0.717) is 17.0 Å². The van der Waals surface area contributed by atoms with E-state index in [1.165, 1.54) is 13.2 Å². The third-order valence-corrected chi connectivity index (χ3v) is 2.99. The molecule has 0 aliphatic carbocycles. The number of ether oxygens (including phenoxy) is 1. The highest BCUT2D eigenvalue weighted by Crippen LogP contribution is 2.22. The number of carbonyl (C=O) groups excluding carboxylic acids is 1. The Morgan fingerprint density at radius 2 is 1.86 bits per heavy atom. The van der Waals surface area contributed by atoms with Gasteiger partial charge in [-0.25, -0.2) is 4.79 Å². The van der Waals surface area contributed by atoms with Gasteiger partial charge in [0.05, 0.1) is 24.9 Å². The number of carbonyl (C=O) groups is 2. The first-order chi connectivity index (χ1) is 10.1. The van der Waals surface area contributed by atoms with Gasteiger partial charge in [0, 0.05) is 11.6 Å². The minimum atomic E-state index is -1.06. The monoisotopic (exact) mass is 285 g/mol. The van der Waals surface area contributed by atoms with Crippen LogP contribution in [0.25, 0.3) is 0 Å². The Balaban J connectivity index is 2.15. The zero-order valence-electron chi connectivity index (χ0n) is 11.5. The predicted octanol–water partition coefficient (Wildman–Crippen LogP) is 2.69. The van der Waals surface area contributed by atoms with E-state index in [9.17, 15) is 9.59 Å². The third-order valence-electron chi connectivity index (χ3n) is 2.99. The molecule has 0 unspecified atom stereocenters. The number of aromatic carboxylic acids is 1. The van der Waals surface area contributed by atoms with Gasteiger partial charge in [-0.15, -0.1) is 0 Å². The number of nitrogens with one attached hydrogen (secondary N) is 1. The molecule has 0 saturated carbocycles. The highest BCUT2D eigenvalue weighted by molar-refractivity contribution is 6.00. The molecule has 108 valence electrons. The molecule has 0 fully saturated rings. The second-order valence-corrected chi connectivity index (χ2v) is 4.36. The van der Waals surface area contributed by atoms with Gasteiger partial charge in [0.25, 0.3) is 0 Å². The molecule has 2 N–H and O–H groups in total. The zero-order chi connectivity index (χ0) is 15.2. The molecular weight excluding hydrogens is 270 g/mol. The first kappa shape index (κ1) is 14.6. The van der Waals surface area contributed by atoms with Crippen LogP contribution < -0.4 is 10.1 Å². The van der Waals surface area contributed by atoms with Crippen molar-refractivity contribution in [3.05, 3.63) is 59.7 Å². The molecule has 0 heterocycles. The smallest absolute Gasteiger partial charge is 0.337 e. The minimum absolute atomic E-state index is 0.0114. The van der Waals surface area contributed by atoms with Crippen LogP contribution in [-0.4, -0.2) is 30.5 Å². The maximum atomic E-state index is 12.0. The molecule has 0 amide bonds. The van der Waals surface area contributed by atoms with Gasteiger partial charge < -0.3 is 15.2 Å². The van der Waals surface area contributed by atoms with E-state index in [1.54, 1.807) is 36.4 Å². The van der Waals surface area contributed by atoms with Gasteiger partial charge in [0.2, 0.25) is 0 Å². The second-order valence-electron chi connectivity index (χ2n) is 4.36. The van der Waals surface area contributed by atoms with E-state index in [1.807, 2.05) is 6.07 Å². The van der Waals surface area contributed by atoms with Crippen molar-refractivity contribution in [1.29, 1.82) is 0 Å². The van der Waals surface area contributed by atoms with Crippen LogP contribution in [0.5, 0.6) is 5.75 Å². The van der Waals surface area contributed by atoms with E-state index < -0.39 is 5.97 Å². The molecule has 2 rings (SSSR count). The number of Topliss-reactive ketones (excluding diaryl/α,β-unsaturated/α-hetero) is 1. The normalized spacial score (nSPS) is 9.95. The average molecular weight is 285 g/mol. The van der Waals surface area contributed by atoms with Crippen molar-refractivity contribution < 1.29 is 19.4 Å². The van der Waals surface area contributed by atoms with Gasteiger partial charge in [-0.05, 0) is 12.1 Å². The molecule has 2 aromatic rings. The molecule has 5 nitrogen and oxygen atoms in total. The molecule has 5 heteroatoms. The summed E-state index contributed by atoms with van der Waals surface area (Å²) >= 11 is 0. The summed E-state index contributed by atoms with van der Waals surface area (Å²) in [6, 6.07) is 13.4. The fraction of sp³-hybridized carbons (Fsp3) is 0.125. The second kappa shape index (κ2) is 6.56. The highest BCUT2D eigenvalue weighted by atomic mass is 16.5. The topological polar surface area (TPSA) is 75.6 Å². The predicted molar refractivity (Wildman–Crippen MR) is 79.2 cm³/mol. The Bertz CT molecular complexity index is 653. The summed E-state index contributed by atoms with van der Waals surface area (Å²) in [4.78, 5) is 23.2. The van der Waals surface area contributed by atoms with Gasteiger partial charge in [-0.3, -0.25) is 4.79 Å². The van der Waals surface area contributed by atoms with Crippen molar-refractivity contribution >= 4 is 17.4 Å². The standard InChI is InChI=1S/C16H15NO4/c1-21-12-7-8-13(16(19)20)14(9-12)17-10-15(18)11-5-3-2-4-6-11/h2-9,17H,10H2,1H3,(H,19,20). The van der Waals surface area contributed by atoms with Crippen LogP contribution in [0.3, 0.4) is 0 Å². The SMILES string of the molecule is COc1ccc(C(=O)O)c(NCC(=O)c2ccccc2)c1. The number of methoxy groups -OCH3 is 1. The van der Waals surface area contributed by atoms with E-state index in [0.717, 1.165) is 0 Å². The number of hydrogen-bond donors (Lipinski definition) is 2. The van der Waals surface area contributed by atoms with Crippen molar-refractivity contribution in [1.82, 2.24) is 0 Å². The minimum Gasteiger partial charge on any atom is -0.497 e. The Labute approximate surface area is 122 Å². The van der Waals surface area contributed by atoms with E-state index in [4.69, 9.17) is 9.84 Å². The Kier molecular flexibility index (Phi) is 4.56. The van der Waals surface area contributed by atoms with Crippen LogP contribution in [0.15, 0.2) is 48.5 Å². The van der Waals surface area contributed by atoms with E-state index in [2.05, 4.69) is 5.32 Å². The van der Waals surface area contributed by atoms with Crippen LogP contribution in [0, 0.1) is 0 Å². The average Bonchev–Trinajstić information content (AvgIpc) is 2.52. The zero-order valence-corrected chi connectivity index (χ0v) is 11.5. The molecule has 0 bridgehead atoms. The highest BCUT2D eigenvalue weighted by Gasteiger charge is 2.12. The molecule has 0 aromatic heterocycles. The van der Waals surface area contributed by atoms with Crippen molar-refractivity contribution in [2.45, 2.75) is 0 Å². The van der Waals surface area contributed by atoms with E-state index >= 15 is 0 Å². The lowest BCUT2D eigenvalue weighted by molar-refractivity contribution is 0.0697. The lowest BCUT2D eigenvalue weighted by Crippen LogP contribution is -2.16. The molecule has 0 atom stereocenters. The van der Waals surface area contributed by atoms with Gasteiger partial charge in [0.15, 0.2) is 5.78 Å². The summed E-state index contributed by atoms with van der Waals surface area (Å²) in [6.45, 7) is 0.0114. The number of benzene rings is 2. The summed E-state index contributed by atoms with van der Waals surface area (Å²) in [5.74, 6) is -0.656. The van der Waals surface area contributed by atoms with Crippen molar-refractivity contribution in [3.63, 3.8) is 0 Å². The van der Waals surface area contributed by atoms with Crippen LogP contribution in [0.1, 0.15) is 20.7 Å². The van der Waals surface area contributed by atoms with Gasteiger partial charge >= 0.3 is 5.97 Å². The summed E-state index contributed by atoms with van der Waals surface area (Å²) < 4.78 is 5.06. The summed E-state index contributed by atoms with van der Waals surface area (Å²) in [7, 11) is 1.49. The molecule has 0 aliphatic rings. The lowest BCUT2D eigenvalue weighted by Gasteiger charge is -2.11. The fourth-order valence-corrected chi connectivity index (χ4v) is 1.88. The lowest BCUT2D eigenvalue weighted by atomic mass is 10.1. The van der Waals surface area contributed by atoms with Gasteiger partial charge in [-0.1, -0.05) is 30.3 Å². The number of anilines is 1. The van der Waals surface area contributed by atoms with Gasteiger partial charge in [-0.2, -0.15) is 0 Å². The fourth-order valence-electron chi connectivity index (χ4n) is 1.88. The quantitative estimate of drug-likeness (QED) is 0.798. The van der Waals surface area contributed by atoms with Crippen LogP contribution >= 0.6 is 0 Å². The molecule has 0 radical (unpaired) electrons. The molecule has 0 aliphatic heterocycles. The molecule has 0 spiro atoms. The van der Waals surface area contributed by atoms with Crippen LogP contribution in [-0.2, 0) is 0 Å². The molecule has 0 saturated heterocycles. The molecular formula is C16H15NO4. The molecule has 21 heavy (non-hydrogen) atoms. The largest absolute Gasteiger partial charge is 0.497 e. The number of carboxylic acid groups (broad SMARTS) is 1. The summed E-state index contributed by atoms with van der Waals surface area (Å²) in [5, 5.41) is 12.0. The summed E-state index contributed by atoms with van der Waals surface area (Å²) in [6.07, 6.45) is 0. The number of hydrogen-bond acceptors (Lipinski definition) is 4. The maximum Gasteiger partial charge on any atom is 0.337 e. The molecule has 2 aromatic carbocycles.